The predicted molar refractivity (Wildman–Crippen MR) is 157 cm³/mol. The van der Waals surface area contributed by atoms with Gasteiger partial charge in [0, 0.05) is 23.0 Å². The summed E-state index contributed by atoms with van der Waals surface area (Å²) >= 11 is 0. The Morgan fingerprint density at radius 1 is 0.905 bits per heavy atom. The summed E-state index contributed by atoms with van der Waals surface area (Å²) in [6, 6.07) is 24.5. The van der Waals surface area contributed by atoms with Crippen LogP contribution in [0.5, 0.6) is 5.75 Å². The molecule has 1 spiro atoms. The molecule has 6 nitrogen and oxygen atoms in total. The molecule has 0 aromatic heterocycles. The van der Waals surface area contributed by atoms with E-state index in [9.17, 15) is 18.8 Å². The lowest BCUT2D eigenvalue weighted by Gasteiger charge is -2.38. The number of amides is 1. The molecule has 1 fully saturated rings. The van der Waals surface area contributed by atoms with Gasteiger partial charge in [0.25, 0.3) is 0 Å². The highest BCUT2D eigenvalue weighted by Gasteiger charge is 2.70. The van der Waals surface area contributed by atoms with Crippen LogP contribution in [0.15, 0.2) is 97.2 Å². The van der Waals surface area contributed by atoms with Gasteiger partial charge in [-0.05, 0) is 54.0 Å². The van der Waals surface area contributed by atoms with Crippen LogP contribution in [0.2, 0.25) is 0 Å². The largest absolute Gasteiger partial charge is 0.494 e. The third kappa shape index (κ3) is 3.52. The van der Waals surface area contributed by atoms with Crippen molar-refractivity contribution < 1.29 is 23.5 Å². The number of carbonyl (C=O) groups is 3. The zero-order valence-electron chi connectivity index (χ0n) is 23.0. The molecule has 4 aromatic carbocycles. The number of Topliss-reactive ketones (excluding diaryl/α,β-unsaturated/α-hetero) is 2. The molecule has 4 atom stereocenters. The number of benzene rings is 4. The summed E-state index contributed by atoms with van der Waals surface area (Å²) in [7, 11) is 1.35. The Labute approximate surface area is 242 Å². The molecule has 0 radical (unpaired) electrons. The average molecular weight is 559 g/mol. The van der Waals surface area contributed by atoms with Crippen molar-refractivity contribution in [3.63, 3.8) is 0 Å². The highest BCUT2D eigenvalue weighted by molar-refractivity contribution is 6.16. The van der Waals surface area contributed by atoms with E-state index in [2.05, 4.69) is 5.32 Å². The minimum absolute atomic E-state index is 0.00166. The first kappa shape index (κ1) is 25.9. The summed E-state index contributed by atoms with van der Waals surface area (Å²) in [5, 5.41) is 3.02. The molecule has 3 aliphatic heterocycles. The number of rotatable bonds is 5. The number of fused-ring (bicyclic) bond motifs is 6. The van der Waals surface area contributed by atoms with Crippen molar-refractivity contribution >= 4 is 29.2 Å². The molecular weight excluding hydrogens is 531 g/mol. The normalized spacial score (nSPS) is 23.3. The Bertz CT molecular complexity index is 1810. The molecule has 1 saturated heterocycles. The number of hydrogen-bond donors (Lipinski definition) is 1. The molecule has 42 heavy (non-hydrogen) atoms. The highest BCUT2D eigenvalue weighted by atomic mass is 19.1. The lowest BCUT2D eigenvalue weighted by Crippen LogP contribution is -2.49. The first-order chi connectivity index (χ1) is 20.4. The Balaban J connectivity index is 1.52. The number of nitrogens with one attached hydrogen (secondary N) is 1. The van der Waals surface area contributed by atoms with E-state index in [0.29, 0.717) is 16.8 Å². The molecule has 1 N–H and O–H groups in total. The molecule has 0 unspecified atom stereocenters. The Hall–Kier alpha value is -5.04. The number of halogens is 1. The zero-order valence-corrected chi connectivity index (χ0v) is 23.0. The number of carbonyl (C=O) groups excluding carboxylic acids is 3. The maximum Gasteiger partial charge on any atom is 0.238 e. The fraction of sp³-hybridized carbons (Fsp3) is 0.171. The van der Waals surface area contributed by atoms with E-state index in [1.165, 1.54) is 19.2 Å². The fourth-order valence-corrected chi connectivity index (χ4v) is 7.06. The molecule has 4 aromatic rings. The molecule has 0 bridgehead atoms. The van der Waals surface area contributed by atoms with Crippen LogP contribution in [0.25, 0.3) is 6.08 Å². The molecule has 3 heterocycles. The summed E-state index contributed by atoms with van der Waals surface area (Å²) < 4.78 is 20.1. The number of para-hydroxylation sites is 1. The third-order valence-corrected chi connectivity index (χ3v) is 8.89. The SMILES string of the molecule is COc1ccc(C(=O)[C@H]2[C@H](C(=O)c3ccc(C)cc3)N3C=Cc4ccccc4[C@@H]3[C@@]23C(=O)Nc2ccccc23)cc1F. The lowest BCUT2D eigenvalue weighted by molar-refractivity contribution is -0.122. The first-order valence-electron chi connectivity index (χ1n) is 13.8. The highest BCUT2D eigenvalue weighted by Crippen LogP contribution is 2.62. The predicted octanol–water partition coefficient (Wildman–Crippen LogP) is 6.12. The van der Waals surface area contributed by atoms with Crippen LogP contribution < -0.4 is 10.1 Å². The monoisotopic (exact) mass is 558 g/mol. The number of ether oxygens (including phenoxy) is 1. The summed E-state index contributed by atoms with van der Waals surface area (Å²) in [4.78, 5) is 45.7. The van der Waals surface area contributed by atoms with Crippen LogP contribution in [0.4, 0.5) is 10.1 Å². The van der Waals surface area contributed by atoms with Crippen LogP contribution in [0.1, 0.15) is 49.0 Å². The van der Waals surface area contributed by atoms with Crippen LogP contribution in [0, 0.1) is 18.7 Å². The van der Waals surface area contributed by atoms with Gasteiger partial charge >= 0.3 is 0 Å². The van der Waals surface area contributed by atoms with Gasteiger partial charge in [-0.15, -0.1) is 0 Å². The van der Waals surface area contributed by atoms with Gasteiger partial charge in [0.05, 0.1) is 19.1 Å². The van der Waals surface area contributed by atoms with Gasteiger partial charge in [-0.3, -0.25) is 14.4 Å². The van der Waals surface area contributed by atoms with E-state index in [1.807, 2.05) is 78.7 Å². The second kappa shape index (κ2) is 9.52. The quantitative estimate of drug-likeness (QED) is 0.299. The van der Waals surface area contributed by atoms with Crippen molar-refractivity contribution in [2.45, 2.75) is 24.4 Å². The fourth-order valence-electron chi connectivity index (χ4n) is 7.06. The first-order valence-corrected chi connectivity index (χ1v) is 13.8. The number of nitrogens with zero attached hydrogens (tertiary/aromatic N) is 1. The van der Waals surface area contributed by atoms with Gasteiger partial charge in [0.2, 0.25) is 5.91 Å². The van der Waals surface area contributed by atoms with Gasteiger partial charge in [0.1, 0.15) is 11.5 Å². The summed E-state index contributed by atoms with van der Waals surface area (Å²) in [6.07, 6.45) is 3.73. The van der Waals surface area contributed by atoms with Crippen LogP contribution in [-0.4, -0.2) is 35.5 Å². The smallest absolute Gasteiger partial charge is 0.238 e. The van der Waals surface area contributed by atoms with Gasteiger partial charge < -0.3 is 15.0 Å². The Morgan fingerprint density at radius 3 is 2.38 bits per heavy atom. The van der Waals surface area contributed by atoms with Crippen molar-refractivity contribution in [2.24, 2.45) is 5.92 Å². The van der Waals surface area contributed by atoms with Crippen molar-refractivity contribution in [3.05, 3.63) is 136 Å². The molecule has 7 rings (SSSR count). The minimum Gasteiger partial charge on any atom is -0.494 e. The van der Waals surface area contributed by atoms with E-state index in [4.69, 9.17) is 4.74 Å². The van der Waals surface area contributed by atoms with Gasteiger partial charge in [-0.2, -0.15) is 0 Å². The van der Waals surface area contributed by atoms with Crippen LogP contribution >= 0.6 is 0 Å². The van der Waals surface area contributed by atoms with Gasteiger partial charge in [0.15, 0.2) is 23.1 Å². The maximum absolute atomic E-state index is 15.0. The Morgan fingerprint density at radius 2 is 1.62 bits per heavy atom. The van der Waals surface area contributed by atoms with Crippen molar-refractivity contribution in [3.8, 4) is 5.75 Å². The second-order valence-electron chi connectivity index (χ2n) is 11.0. The summed E-state index contributed by atoms with van der Waals surface area (Å²) in [5.41, 5.74) is 2.98. The molecule has 208 valence electrons. The van der Waals surface area contributed by atoms with E-state index >= 15 is 0 Å². The third-order valence-electron chi connectivity index (χ3n) is 8.89. The number of hydrogen-bond acceptors (Lipinski definition) is 5. The zero-order chi connectivity index (χ0) is 29.2. The second-order valence-corrected chi connectivity index (χ2v) is 11.0. The Kier molecular flexibility index (Phi) is 5.87. The minimum atomic E-state index is -1.48. The van der Waals surface area contributed by atoms with Gasteiger partial charge in [-0.1, -0.05) is 72.3 Å². The lowest BCUT2D eigenvalue weighted by atomic mass is 9.62. The standard InChI is InChI=1S/C35H27FN2O4/c1-20-11-13-22(14-12-20)32(40)30-29(31(39)23-15-16-28(42-2)26(36)19-23)35(25-9-5-6-10-27(25)37-34(35)41)33-24-8-4-3-7-21(24)17-18-38(30)33/h3-19,29-30,33H,1-2H3,(H,37,41)/t29-,30-,33-,35+/m1/s1. The molecule has 0 saturated carbocycles. The molecule has 1 amide bonds. The van der Waals surface area contributed by atoms with E-state index in [1.54, 1.807) is 18.2 Å². The summed E-state index contributed by atoms with van der Waals surface area (Å²) in [5.74, 6) is -3.02. The van der Waals surface area contributed by atoms with Crippen LogP contribution in [0.3, 0.4) is 0 Å². The molecule has 7 heteroatoms. The van der Waals surface area contributed by atoms with Crippen molar-refractivity contribution in [2.75, 3.05) is 12.4 Å². The number of methoxy groups -OCH3 is 1. The topological polar surface area (TPSA) is 75.7 Å². The van der Waals surface area contributed by atoms with Crippen molar-refractivity contribution in [1.29, 1.82) is 0 Å². The number of aryl methyl sites for hydroxylation is 1. The molecule has 3 aliphatic rings. The van der Waals surface area contributed by atoms with Crippen LogP contribution in [-0.2, 0) is 10.2 Å². The van der Waals surface area contributed by atoms with E-state index in [-0.39, 0.29) is 23.0 Å². The number of ketones is 2. The van der Waals surface area contributed by atoms with Crippen molar-refractivity contribution in [1.82, 2.24) is 4.90 Å². The summed E-state index contributed by atoms with van der Waals surface area (Å²) in [6.45, 7) is 1.93. The molecular formula is C35H27FN2O4. The number of anilines is 1. The average Bonchev–Trinajstić information content (AvgIpc) is 3.49. The molecule has 0 aliphatic carbocycles. The maximum atomic E-state index is 15.0. The van der Waals surface area contributed by atoms with E-state index in [0.717, 1.165) is 22.8 Å². The van der Waals surface area contributed by atoms with E-state index < -0.39 is 35.0 Å². The van der Waals surface area contributed by atoms with Gasteiger partial charge in [-0.25, -0.2) is 4.39 Å².